The summed E-state index contributed by atoms with van der Waals surface area (Å²) in [5.74, 6) is 1.05. The van der Waals surface area contributed by atoms with Crippen LogP contribution in [0.5, 0.6) is 5.75 Å². The van der Waals surface area contributed by atoms with Crippen molar-refractivity contribution >= 4 is 23.0 Å². The molecule has 0 unspecified atom stereocenters. The summed E-state index contributed by atoms with van der Waals surface area (Å²) < 4.78 is 5.50. The third kappa shape index (κ3) is 4.16. The van der Waals surface area contributed by atoms with Crippen molar-refractivity contribution in [3.63, 3.8) is 0 Å². The van der Waals surface area contributed by atoms with Crippen molar-refractivity contribution < 1.29 is 14.3 Å². The van der Waals surface area contributed by atoms with Crippen molar-refractivity contribution in [3.8, 4) is 5.75 Å². The van der Waals surface area contributed by atoms with E-state index in [2.05, 4.69) is 10.6 Å². The number of nitrogens with zero attached hydrogens (tertiary/aromatic N) is 1. The van der Waals surface area contributed by atoms with Gasteiger partial charge in [-0.3, -0.25) is 14.4 Å². The Bertz CT molecular complexity index is 1110. The second-order valence-corrected chi connectivity index (χ2v) is 6.98. The van der Waals surface area contributed by atoms with Crippen LogP contribution in [0.3, 0.4) is 0 Å². The molecule has 0 bridgehead atoms. The van der Waals surface area contributed by atoms with Gasteiger partial charge in [0.2, 0.25) is 0 Å². The Morgan fingerprint density at radius 1 is 1.10 bits per heavy atom. The first kappa shape index (κ1) is 20.2. The molecule has 0 saturated carbocycles. The number of phenolic OH excluding ortho intramolecular Hbond substituents is 1. The number of carbonyl (C=O) groups excluding carboxylic acids is 1. The van der Waals surface area contributed by atoms with Crippen molar-refractivity contribution in [2.75, 3.05) is 31.3 Å². The molecule has 1 aromatic heterocycles. The molecule has 0 atom stereocenters. The summed E-state index contributed by atoms with van der Waals surface area (Å²) in [6.07, 6.45) is 1.41. The van der Waals surface area contributed by atoms with E-state index in [0.717, 1.165) is 11.5 Å². The quantitative estimate of drug-likeness (QED) is 0.304. The van der Waals surface area contributed by atoms with Crippen LogP contribution in [0.2, 0.25) is 0 Å². The SMILES string of the molecule is Cc1ccc(CCCNc2c(Nc3cccc(C(=O)N(C)C)c3O)c(=O)c2=O)o1. The number of rotatable bonds is 8. The van der Waals surface area contributed by atoms with Gasteiger partial charge >= 0.3 is 0 Å². The van der Waals surface area contributed by atoms with E-state index < -0.39 is 10.9 Å². The van der Waals surface area contributed by atoms with Crippen LogP contribution in [0.15, 0.2) is 44.3 Å². The molecular formula is C21H23N3O5. The van der Waals surface area contributed by atoms with Crippen molar-refractivity contribution in [1.29, 1.82) is 0 Å². The molecule has 3 N–H and O–H groups in total. The minimum absolute atomic E-state index is 0.0774. The van der Waals surface area contributed by atoms with Gasteiger partial charge in [-0.1, -0.05) is 6.07 Å². The van der Waals surface area contributed by atoms with Crippen LogP contribution in [0.4, 0.5) is 17.1 Å². The monoisotopic (exact) mass is 397 g/mol. The Kier molecular flexibility index (Phi) is 5.72. The molecule has 0 aliphatic heterocycles. The van der Waals surface area contributed by atoms with Gasteiger partial charge in [-0.25, -0.2) is 0 Å². The Labute approximate surface area is 167 Å². The highest BCUT2D eigenvalue weighted by Gasteiger charge is 2.23. The fraction of sp³-hybridized carbons (Fsp3) is 0.286. The maximum Gasteiger partial charge on any atom is 0.257 e. The summed E-state index contributed by atoms with van der Waals surface area (Å²) in [6.45, 7) is 2.35. The van der Waals surface area contributed by atoms with Gasteiger partial charge in [-0.15, -0.1) is 0 Å². The lowest BCUT2D eigenvalue weighted by Crippen LogP contribution is -2.36. The fourth-order valence-electron chi connectivity index (χ4n) is 2.97. The van der Waals surface area contributed by atoms with E-state index in [-0.39, 0.29) is 34.3 Å². The van der Waals surface area contributed by atoms with Crippen LogP contribution in [0.25, 0.3) is 0 Å². The molecule has 29 heavy (non-hydrogen) atoms. The summed E-state index contributed by atoms with van der Waals surface area (Å²) >= 11 is 0. The van der Waals surface area contributed by atoms with Crippen LogP contribution in [0.1, 0.15) is 28.3 Å². The molecule has 3 rings (SSSR count). The lowest BCUT2D eigenvalue weighted by Gasteiger charge is -2.17. The number of aryl methyl sites for hydroxylation is 2. The van der Waals surface area contributed by atoms with Gasteiger partial charge in [0.1, 0.15) is 22.9 Å². The highest BCUT2D eigenvalue weighted by molar-refractivity contribution is 5.99. The van der Waals surface area contributed by atoms with E-state index in [1.54, 1.807) is 20.2 Å². The number of amides is 1. The molecule has 1 heterocycles. The van der Waals surface area contributed by atoms with Gasteiger partial charge in [0.25, 0.3) is 16.8 Å². The third-order valence-electron chi connectivity index (χ3n) is 4.54. The van der Waals surface area contributed by atoms with Gasteiger partial charge in [-0.05, 0) is 37.6 Å². The van der Waals surface area contributed by atoms with Crippen molar-refractivity contribution in [2.45, 2.75) is 19.8 Å². The minimum Gasteiger partial charge on any atom is -0.505 e. The molecule has 0 aliphatic rings. The topological polar surface area (TPSA) is 112 Å². The fourth-order valence-corrected chi connectivity index (χ4v) is 2.97. The zero-order valence-corrected chi connectivity index (χ0v) is 16.5. The smallest absolute Gasteiger partial charge is 0.257 e. The number of benzene rings is 1. The molecule has 0 saturated heterocycles. The van der Waals surface area contributed by atoms with Crippen LogP contribution in [0, 0.1) is 6.92 Å². The molecule has 8 nitrogen and oxygen atoms in total. The molecule has 0 radical (unpaired) electrons. The minimum atomic E-state index is -0.669. The van der Waals surface area contributed by atoms with E-state index >= 15 is 0 Å². The van der Waals surface area contributed by atoms with Crippen LogP contribution >= 0.6 is 0 Å². The van der Waals surface area contributed by atoms with Gasteiger partial charge in [0.05, 0.1) is 11.3 Å². The standard InChI is InChI=1S/C21H23N3O5/c1-12-9-10-13(29-12)6-5-11-22-16-17(20(27)19(16)26)23-15-8-4-7-14(18(15)25)21(28)24(2)3/h4,7-10,22-23,25H,5-6,11H2,1-3H3. The van der Waals surface area contributed by atoms with E-state index in [1.165, 1.54) is 17.0 Å². The molecule has 0 aliphatic carbocycles. The molecular weight excluding hydrogens is 374 g/mol. The number of para-hydroxylation sites is 1. The Morgan fingerprint density at radius 3 is 2.48 bits per heavy atom. The summed E-state index contributed by atoms with van der Waals surface area (Å²) in [7, 11) is 3.15. The number of furan rings is 1. The van der Waals surface area contributed by atoms with Gasteiger partial charge in [0, 0.05) is 27.1 Å². The highest BCUT2D eigenvalue weighted by atomic mass is 16.3. The highest BCUT2D eigenvalue weighted by Crippen LogP contribution is 2.31. The lowest BCUT2D eigenvalue weighted by atomic mass is 10.1. The lowest BCUT2D eigenvalue weighted by molar-refractivity contribution is 0.0824. The molecule has 1 amide bonds. The molecule has 0 spiro atoms. The van der Waals surface area contributed by atoms with Crippen LogP contribution in [-0.4, -0.2) is 36.6 Å². The normalized spacial score (nSPS) is 10.9. The van der Waals surface area contributed by atoms with Gasteiger partial charge < -0.3 is 25.1 Å². The first-order valence-electron chi connectivity index (χ1n) is 9.22. The molecule has 8 heteroatoms. The van der Waals surface area contributed by atoms with E-state index in [9.17, 15) is 19.5 Å². The summed E-state index contributed by atoms with van der Waals surface area (Å²) in [5.41, 5.74) is -0.747. The first-order chi connectivity index (χ1) is 13.8. The maximum atomic E-state index is 12.1. The van der Waals surface area contributed by atoms with Crippen molar-refractivity contribution in [2.24, 2.45) is 0 Å². The van der Waals surface area contributed by atoms with Gasteiger partial charge in [-0.2, -0.15) is 0 Å². The molecule has 152 valence electrons. The summed E-state index contributed by atoms with van der Waals surface area (Å²) in [4.78, 5) is 37.4. The Hall–Kier alpha value is -3.55. The van der Waals surface area contributed by atoms with Crippen molar-refractivity contribution in [1.82, 2.24) is 4.90 Å². The van der Waals surface area contributed by atoms with Crippen LogP contribution < -0.4 is 21.5 Å². The molecule has 3 aromatic rings. The average molecular weight is 397 g/mol. The number of hydrogen-bond donors (Lipinski definition) is 3. The van der Waals surface area contributed by atoms with Crippen LogP contribution in [-0.2, 0) is 6.42 Å². The number of hydrogen-bond acceptors (Lipinski definition) is 7. The summed E-state index contributed by atoms with van der Waals surface area (Å²) in [5, 5.41) is 16.1. The molecule has 2 aromatic carbocycles. The van der Waals surface area contributed by atoms with E-state index in [1.807, 2.05) is 19.1 Å². The van der Waals surface area contributed by atoms with E-state index in [0.29, 0.717) is 19.4 Å². The number of phenols is 1. The predicted molar refractivity (Wildman–Crippen MR) is 111 cm³/mol. The number of anilines is 3. The Balaban J connectivity index is 1.69. The van der Waals surface area contributed by atoms with Gasteiger partial charge in [0.15, 0.2) is 5.75 Å². The maximum absolute atomic E-state index is 12.1. The number of nitrogens with one attached hydrogen (secondary N) is 2. The zero-order valence-electron chi connectivity index (χ0n) is 16.5. The third-order valence-corrected chi connectivity index (χ3v) is 4.54. The predicted octanol–water partition coefficient (Wildman–Crippen LogP) is 2.38. The zero-order chi connectivity index (χ0) is 21.1. The molecule has 0 fully saturated rings. The number of aromatic hydroxyl groups is 1. The first-order valence-corrected chi connectivity index (χ1v) is 9.22. The second-order valence-electron chi connectivity index (χ2n) is 6.98. The number of carbonyl (C=O) groups is 1. The second kappa shape index (κ2) is 8.22. The van der Waals surface area contributed by atoms with Crippen molar-refractivity contribution in [3.05, 3.63) is 67.9 Å². The average Bonchev–Trinajstić information content (AvgIpc) is 3.11. The van der Waals surface area contributed by atoms with E-state index in [4.69, 9.17) is 4.42 Å². The Morgan fingerprint density at radius 2 is 1.83 bits per heavy atom. The summed E-state index contributed by atoms with van der Waals surface area (Å²) in [6, 6.07) is 8.40. The largest absolute Gasteiger partial charge is 0.505 e.